The van der Waals surface area contributed by atoms with E-state index in [2.05, 4.69) is 23.6 Å². The van der Waals surface area contributed by atoms with Crippen LogP contribution in [0.4, 0.5) is 5.69 Å². The fraction of sp³-hybridized carbons (Fsp3) is 0.464. The first-order chi connectivity index (χ1) is 16.4. The summed E-state index contributed by atoms with van der Waals surface area (Å²) in [5.74, 6) is 0.988. The van der Waals surface area contributed by atoms with Crippen LogP contribution in [0.2, 0.25) is 5.02 Å². The molecule has 3 aliphatic rings. The van der Waals surface area contributed by atoms with Crippen LogP contribution in [-0.4, -0.2) is 44.0 Å². The van der Waals surface area contributed by atoms with Gasteiger partial charge in [-0.15, -0.1) is 6.58 Å². The van der Waals surface area contributed by atoms with Crippen LogP contribution in [0, 0.1) is 11.8 Å². The standard InChI is InChI=1S/C28H32ClNO4/c1-3-25(31)22-9-6-20(22)15-30-16-28(12-4-5-18-13-21(29)8-10-23(18)28)17-34-26-11-7-19(14-24(26)30)27(32)33-2/h3,7-8,10-11,13-14,20,22,25,31H,1,4-6,9,12,15-17H2,2H3/t20?,22-,25?,28+/m1/s1. The van der Waals surface area contributed by atoms with E-state index in [0.717, 1.165) is 61.7 Å². The van der Waals surface area contributed by atoms with Gasteiger partial charge in [-0.3, -0.25) is 0 Å². The van der Waals surface area contributed by atoms with Crippen molar-refractivity contribution in [2.24, 2.45) is 11.8 Å². The van der Waals surface area contributed by atoms with E-state index >= 15 is 0 Å². The molecular weight excluding hydrogens is 450 g/mol. The van der Waals surface area contributed by atoms with Crippen molar-refractivity contribution in [2.75, 3.05) is 31.7 Å². The highest BCUT2D eigenvalue weighted by Gasteiger charge is 2.44. The number of carbonyl (C=O) groups excluding carboxylic acids is 1. The summed E-state index contributed by atoms with van der Waals surface area (Å²) in [5, 5.41) is 11.2. The molecule has 2 unspecified atom stereocenters. The molecule has 4 atom stereocenters. The Hall–Kier alpha value is -2.50. The van der Waals surface area contributed by atoms with Gasteiger partial charge in [0.05, 0.1) is 31.1 Å². The molecular formula is C28H32ClNO4. The van der Waals surface area contributed by atoms with Crippen molar-refractivity contribution < 1.29 is 19.4 Å². The van der Waals surface area contributed by atoms with Gasteiger partial charge in [-0.25, -0.2) is 4.79 Å². The van der Waals surface area contributed by atoms with E-state index in [1.54, 1.807) is 12.1 Å². The van der Waals surface area contributed by atoms with Gasteiger partial charge in [0.15, 0.2) is 0 Å². The van der Waals surface area contributed by atoms with E-state index in [9.17, 15) is 9.90 Å². The summed E-state index contributed by atoms with van der Waals surface area (Å²) in [6.07, 6.45) is 6.35. The third-order valence-corrected chi connectivity index (χ3v) is 8.30. The van der Waals surface area contributed by atoms with Gasteiger partial charge in [0.2, 0.25) is 0 Å². The molecule has 1 saturated carbocycles. The molecule has 2 aromatic carbocycles. The Bertz CT molecular complexity index is 1100. The van der Waals surface area contributed by atoms with Gasteiger partial charge in [0.25, 0.3) is 0 Å². The van der Waals surface area contributed by atoms with Gasteiger partial charge in [-0.1, -0.05) is 23.7 Å². The summed E-state index contributed by atoms with van der Waals surface area (Å²) >= 11 is 6.34. The Morgan fingerprint density at radius 3 is 2.94 bits per heavy atom. The molecule has 1 aliphatic heterocycles. The van der Waals surface area contributed by atoms with Crippen LogP contribution in [0.5, 0.6) is 5.75 Å². The third-order valence-electron chi connectivity index (χ3n) is 8.07. The second-order valence-corrected chi connectivity index (χ2v) is 10.4. The third kappa shape index (κ3) is 4.09. The van der Waals surface area contributed by atoms with E-state index in [1.807, 2.05) is 18.2 Å². The fourth-order valence-corrected chi connectivity index (χ4v) is 6.28. The first-order valence-corrected chi connectivity index (χ1v) is 12.5. The number of ether oxygens (including phenoxy) is 2. The zero-order chi connectivity index (χ0) is 23.9. The van der Waals surface area contributed by atoms with Crippen LogP contribution >= 0.6 is 11.6 Å². The Balaban J connectivity index is 1.55. The van der Waals surface area contributed by atoms with Gasteiger partial charge < -0.3 is 19.5 Å². The first kappa shape index (κ1) is 23.3. The average molecular weight is 482 g/mol. The molecule has 5 nitrogen and oxygen atoms in total. The van der Waals surface area contributed by atoms with E-state index in [1.165, 1.54) is 18.2 Å². The minimum Gasteiger partial charge on any atom is -0.490 e. The number of aliphatic hydroxyl groups is 1. The molecule has 0 bridgehead atoms. The van der Waals surface area contributed by atoms with Crippen molar-refractivity contribution in [3.05, 3.63) is 70.8 Å². The largest absolute Gasteiger partial charge is 0.490 e. The normalized spacial score (nSPS) is 26.4. The number of anilines is 1. The average Bonchev–Trinajstić information content (AvgIpc) is 2.98. The molecule has 0 radical (unpaired) electrons. The zero-order valence-electron chi connectivity index (χ0n) is 19.6. The number of methoxy groups -OCH3 is 1. The van der Waals surface area contributed by atoms with Gasteiger partial charge in [0, 0.05) is 23.5 Å². The summed E-state index contributed by atoms with van der Waals surface area (Å²) in [6, 6.07) is 11.8. The highest BCUT2D eigenvalue weighted by atomic mass is 35.5. The minimum atomic E-state index is -0.491. The number of benzene rings is 2. The van der Waals surface area contributed by atoms with E-state index in [4.69, 9.17) is 21.1 Å². The predicted octanol–water partition coefficient (Wildman–Crippen LogP) is 5.17. The smallest absolute Gasteiger partial charge is 0.337 e. The van der Waals surface area contributed by atoms with E-state index < -0.39 is 6.10 Å². The van der Waals surface area contributed by atoms with Crippen LogP contribution < -0.4 is 9.64 Å². The Morgan fingerprint density at radius 1 is 1.35 bits per heavy atom. The molecule has 180 valence electrons. The summed E-state index contributed by atoms with van der Waals surface area (Å²) < 4.78 is 11.4. The van der Waals surface area contributed by atoms with E-state index in [0.29, 0.717) is 18.1 Å². The number of fused-ring (bicyclic) bond motifs is 3. The molecule has 2 aromatic rings. The van der Waals surface area contributed by atoms with Crippen molar-refractivity contribution in [3.8, 4) is 5.75 Å². The molecule has 0 aromatic heterocycles. The molecule has 1 fully saturated rings. The number of hydrogen-bond donors (Lipinski definition) is 1. The molecule has 5 rings (SSSR count). The van der Waals surface area contributed by atoms with Crippen molar-refractivity contribution in [1.29, 1.82) is 0 Å². The number of hydrogen-bond acceptors (Lipinski definition) is 5. The second kappa shape index (κ2) is 9.27. The first-order valence-electron chi connectivity index (χ1n) is 12.1. The highest BCUT2D eigenvalue weighted by Crippen LogP contribution is 2.46. The molecule has 6 heteroatoms. The van der Waals surface area contributed by atoms with Gasteiger partial charge in [-0.2, -0.15) is 0 Å². The predicted molar refractivity (Wildman–Crippen MR) is 134 cm³/mol. The summed E-state index contributed by atoms with van der Waals surface area (Å²) in [7, 11) is 1.40. The molecule has 1 spiro atoms. The maximum atomic E-state index is 12.3. The van der Waals surface area contributed by atoms with Crippen molar-refractivity contribution in [3.63, 3.8) is 0 Å². The SMILES string of the molecule is C=CC(O)[C@@H]1CCC1CN1C[C@@]2(CCCc3cc(Cl)ccc32)COc2ccc(C(=O)OC)cc21. The van der Waals surface area contributed by atoms with Gasteiger partial charge >= 0.3 is 5.97 Å². The number of nitrogens with zero attached hydrogens (tertiary/aromatic N) is 1. The van der Waals surface area contributed by atoms with E-state index in [-0.39, 0.29) is 17.3 Å². The molecule has 1 N–H and O–H groups in total. The maximum Gasteiger partial charge on any atom is 0.337 e. The number of aliphatic hydroxyl groups excluding tert-OH is 1. The minimum absolute atomic E-state index is 0.168. The van der Waals surface area contributed by atoms with Crippen LogP contribution in [0.1, 0.15) is 47.2 Å². The zero-order valence-corrected chi connectivity index (χ0v) is 20.4. The van der Waals surface area contributed by atoms with Crippen molar-refractivity contribution >= 4 is 23.3 Å². The lowest BCUT2D eigenvalue weighted by Gasteiger charge is -2.45. The second-order valence-electron chi connectivity index (χ2n) is 10.0. The lowest BCUT2D eigenvalue weighted by Crippen LogP contribution is -2.49. The van der Waals surface area contributed by atoms with Crippen LogP contribution in [0.3, 0.4) is 0 Å². The monoisotopic (exact) mass is 481 g/mol. The van der Waals surface area contributed by atoms with Crippen molar-refractivity contribution in [1.82, 2.24) is 0 Å². The molecule has 1 heterocycles. The molecule has 0 amide bonds. The summed E-state index contributed by atoms with van der Waals surface area (Å²) in [4.78, 5) is 14.7. The lowest BCUT2D eigenvalue weighted by molar-refractivity contribution is 0.0460. The highest BCUT2D eigenvalue weighted by molar-refractivity contribution is 6.30. The topological polar surface area (TPSA) is 59.0 Å². The lowest BCUT2D eigenvalue weighted by atomic mass is 9.68. The number of halogens is 1. The Morgan fingerprint density at radius 2 is 2.21 bits per heavy atom. The molecule has 2 aliphatic carbocycles. The van der Waals surface area contributed by atoms with Crippen LogP contribution in [-0.2, 0) is 16.6 Å². The Labute approximate surface area is 206 Å². The van der Waals surface area contributed by atoms with Gasteiger partial charge in [0.1, 0.15) is 5.75 Å². The molecule has 0 saturated heterocycles. The summed E-state index contributed by atoms with van der Waals surface area (Å²) in [5.41, 5.74) is 3.87. The summed E-state index contributed by atoms with van der Waals surface area (Å²) in [6.45, 7) is 5.94. The quantitative estimate of drug-likeness (QED) is 0.471. The maximum absolute atomic E-state index is 12.3. The fourth-order valence-electron chi connectivity index (χ4n) is 6.09. The van der Waals surface area contributed by atoms with Crippen LogP contribution in [0.25, 0.3) is 0 Å². The Kier molecular flexibility index (Phi) is 6.34. The number of esters is 1. The van der Waals surface area contributed by atoms with Crippen molar-refractivity contribution in [2.45, 2.75) is 43.6 Å². The number of aryl methyl sites for hydroxylation is 1. The number of carbonyl (C=O) groups is 1. The van der Waals surface area contributed by atoms with Gasteiger partial charge in [-0.05, 0) is 85.4 Å². The molecule has 34 heavy (non-hydrogen) atoms. The van der Waals surface area contributed by atoms with Crippen LogP contribution in [0.15, 0.2) is 49.1 Å². The number of rotatable bonds is 5.